The number of rotatable bonds is 3. The van der Waals surface area contributed by atoms with E-state index in [1.165, 1.54) is 109 Å². The van der Waals surface area contributed by atoms with Crippen molar-refractivity contribution in [3.8, 4) is 44.5 Å². The lowest BCUT2D eigenvalue weighted by Crippen LogP contribution is -2.15. The van der Waals surface area contributed by atoms with E-state index in [9.17, 15) is 0 Å². The molecular formula is C53H36. The van der Waals surface area contributed by atoms with E-state index in [4.69, 9.17) is 0 Å². The molecule has 248 valence electrons. The largest absolute Gasteiger partial charge is 0.0616 e. The van der Waals surface area contributed by atoms with E-state index in [0.717, 1.165) is 0 Å². The van der Waals surface area contributed by atoms with Crippen LogP contribution in [-0.4, -0.2) is 0 Å². The number of hydrogen-bond acceptors (Lipinski definition) is 0. The van der Waals surface area contributed by atoms with Crippen molar-refractivity contribution in [2.75, 3.05) is 0 Å². The zero-order chi connectivity index (χ0) is 35.3. The van der Waals surface area contributed by atoms with Crippen molar-refractivity contribution in [2.45, 2.75) is 19.3 Å². The van der Waals surface area contributed by atoms with Gasteiger partial charge in [-0.3, -0.25) is 0 Å². The van der Waals surface area contributed by atoms with Gasteiger partial charge >= 0.3 is 0 Å². The van der Waals surface area contributed by atoms with Crippen LogP contribution in [0.15, 0.2) is 182 Å². The summed E-state index contributed by atoms with van der Waals surface area (Å²) in [5.74, 6) is 0. The van der Waals surface area contributed by atoms with Crippen molar-refractivity contribution < 1.29 is 0 Å². The maximum atomic E-state index is 2.42. The van der Waals surface area contributed by atoms with Crippen molar-refractivity contribution in [3.05, 3.63) is 193 Å². The molecule has 0 saturated heterocycles. The SMILES string of the molecule is CC1(C)c2cccc(-c3c4ccccc4c(-c4ccc(-c5ccc6ccccc6c5)cc4)c4ccccc34)c2-c2c1c1ccccc1c1ccccc21. The Kier molecular flexibility index (Phi) is 6.40. The summed E-state index contributed by atoms with van der Waals surface area (Å²) in [4.78, 5) is 0. The predicted molar refractivity (Wildman–Crippen MR) is 228 cm³/mol. The smallest absolute Gasteiger partial charge is 0.0165 e. The molecule has 0 aliphatic heterocycles. The summed E-state index contributed by atoms with van der Waals surface area (Å²) in [5, 5.41) is 13.0. The average molecular weight is 673 g/mol. The summed E-state index contributed by atoms with van der Waals surface area (Å²) in [6.45, 7) is 4.84. The minimum absolute atomic E-state index is 0.164. The van der Waals surface area contributed by atoms with Crippen LogP contribution in [0.25, 0.3) is 98.4 Å². The molecule has 0 bridgehead atoms. The molecule has 0 saturated carbocycles. The van der Waals surface area contributed by atoms with Crippen LogP contribution in [0.1, 0.15) is 25.0 Å². The molecule has 0 heteroatoms. The van der Waals surface area contributed by atoms with E-state index in [1.807, 2.05) is 0 Å². The zero-order valence-electron chi connectivity index (χ0n) is 29.8. The molecule has 0 unspecified atom stereocenters. The fourth-order valence-electron chi connectivity index (χ4n) is 9.66. The lowest BCUT2D eigenvalue weighted by Gasteiger charge is -2.24. The molecule has 0 atom stereocenters. The minimum Gasteiger partial charge on any atom is -0.0616 e. The summed E-state index contributed by atoms with van der Waals surface area (Å²) in [6.07, 6.45) is 0. The first-order valence-corrected chi connectivity index (χ1v) is 18.7. The fraction of sp³-hybridized carbons (Fsp3) is 0.0566. The Morgan fingerprint density at radius 3 is 1.42 bits per heavy atom. The van der Waals surface area contributed by atoms with E-state index in [2.05, 4.69) is 196 Å². The molecule has 0 spiro atoms. The first-order valence-electron chi connectivity index (χ1n) is 18.7. The van der Waals surface area contributed by atoms with Gasteiger partial charge in [0.2, 0.25) is 0 Å². The summed E-state index contributed by atoms with van der Waals surface area (Å²) in [5.41, 5.74) is 13.0. The molecule has 0 N–H and O–H groups in total. The van der Waals surface area contributed by atoms with E-state index in [1.54, 1.807) is 0 Å². The highest BCUT2D eigenvalue weighted by molar-refractivity contribution is 6.25. The molecule has 1 aliphatic carbocycles. The van der Waals surface area contributed by atoms with Gasteiger partial charge in [0, 0.05) is 5.41 Å². The van der Waals surface area contributed by atoms with Gasteiger partial charge in [-0.15, -0.1) is 0 Å². The van der Waals surface area contributed by atoms with Gasteiger partial charge in [0.25, 0.3) is 0 Å². The van der Waals surface area contributed by atoms with Crippen LogP contribution in [-0.2, 0) is 5.41 Å². The molecule has 10 aromatic carbocycles. The standard InChI is InChI=1S/C53H36/c1-53(2)47-25-13-24-46(50(47)51-40-18-7-5-16-38(40)39-17-6-12-23-45(39)52(51)53)49-43-21-10-8-19-41(43)48(42-20-9-11-22-44(42)49)35-29-26-34(27-30-35)37-31-28-33-14-3-4-15-36(33)32-37/h3-32H,1-2H3. The number of benzene rings is 10. The number of hydrogen-bond donors (Lipinski definition) is 0. The van der Waals surface area contributed by atoms with Gasteiger partial charge in [-0.25, -0.2) is 0 Å². The van der Waals surface area contributed by atoms with E-state index in [-0.39, 0.29) is 5.41 Å². The molecule has 1 aliphatic rings. The number of fused-ring (bicyclic) bond motifs is 11. The molecule has 0 fully saturated rings. The van der Waals surface area contributed by atoms with E-state index < -0.39 is 0 Å². The van der Waals surface area contributed by atoms with Crippen LogP contribution < -0.4 is 0 Å². The Labute approximate surface area is 309 Å². The summed E-state index contributed by atoms with van der Waals surface area (Å²) in [7, 11) is 0. The molecule has 53 heavy (non-hydrogen) atoms. The van der Waals surface area contributed by atoms with Crippen LogP contribution in [0.3, 0.4) is 0 Å². The summed E-state index contributed by atoms with van der Waals surface area (Å²) >= 11 is 0. The van der Waals surface area contributed by atoms with Crippen LogP contribution >= 0.6 is 0 Å². The van der Waals surface area contributed by atoms with Gasteiger partial charge in [-0.05, 0) is 116 Å². The third-order valence-corrected chi connectivity index (χ3v) is 12.0. The molecule has 10 aromatic rings. The van der Waals surface area contributed by atoms with Crippen LogP contribution in [0.5, 0.6) is 0 Å². The lowest BCUT2D eigenvalue weighted by atomic mass is 9.79. The zero-order valence-corrected chi connectivity index (χ0v) is 29.8. The Morgan fingerprint density at radius 2 is 0.774 bits per heavy atom. The Balaban J connectivity index is 1.18. The maximum absolute atomic E-state index is 2.42. The maximum Gasteiger partial charge on any atom is 0.0165 e. The second-order valence-electron chi connectivity index (χ2n) is 15.2. The average Bonchev–Trinajstić information content (AvgIpc) is 3.47. The van der Waals surface area contributed by atoms with Gasteiger partial charge in [0.1, 0.15) is 0 Å². The molecule has 0 nitrogen and oxygen atoms in total. The van der Waals surface area contributed by atoms with E-state index >= 15 is 0 Å². The molecular weight excluding hydrogens is 637 g/mol. The van der Waals surface area contributed by atoms with Crippen molar-refractivity contribution in [1.82, 2.24) is 0 Å². The lowest BCUT2D eigenvalue weighted by molar-refractivity contribution is 0.666. The van der Waals surface area contributed by atoms with Gasteiger partial charge in [0.15, 0.2) is 0 Å². The Bertz CT molecular complexity index is 3060. The van der Waals surface area contributed by atoms with Crippen molar-refractivity contribution in [2.24, 2.45) is 0 Å². The third-order valence-electron chi connectivity index (χ3n) is 12.0. The highest BCUT2D eigenvalue weighted by atomic mass is 14.4. The van der Waals surface area contributed by atoms with Gasteiger partial charge in [-0.1, -0.05) is 190 Å². The topological polar surface area (TPSA) is 0 Å². The van der Waals surface area contributed by atoms with Crippen molar-refractivity contribution in [1.29, 1.82) is 0 Å². The van der Waals surface area contributed by atoms with Gasteiger partial charge in [0.05, 0.1) is 0 Å². The summed E-state index contributed by atoms with van der Waals surface area (Å²) in [6, 6.07) is 67.7. The van der Waals surface area contributed by atoms with Gasteiger partial charge in [-0.2, -0.15) is 0 Å². The monoisotopic (exact) mass is 672 g/mol. The van der Waals surface area contributed by atoms with Crippen molar-refractivity contribution in [3.63, 3.8) is 0 Å². The predicted octanol–water partition coefficient (Wildman–Crippen LogP) is 14.8. The van der Waals surface area contributed by atoms with Crippen molar-refractivity contribution >= 4 is 53.9 Å². The minimum atomic E-state index is -0.164. The first-order chi connectivity index (χ1) is 26.1. The molecule has 0 heterocycles. The van der Waals surface area contributed by atoms with Crippen LogP contribution in [0.4, 0.5) is 0 Å². The third kappa shape index (κ3) is 4.30. The Hall–Kier alpha value is -6.50. The first kappa shape index (κ1) is 30.2. The molecule has 0 aromatic heterocycles. The highest BCUT2D eigenvalue weighted by Gasteiger charge is 2.40. The Morgan fingerprint density at radius 1 is 0.302 bits per heavy atom. The van der Waals surface area contributed by atoms with Crippen LogP contribution in [0.2, 0.25) is 0 Å². The van der Waals surface area contributed by atoms with Crippen LogP contribution in [0, 0.1) is 0 Å². The highest BCUT2D eigenvalue weighted by Crippen LogP contribution is 2.58. The van der Waals surface area contributed by atoms with E-state index in [0.29, 0.717) is 0 Å². The quantitative estimate of drug-likeness (QED) is 0.129. The van der Waals surface area contributed by atoms with Gasteiger partial charge < -0.3 is 0 Å². The molecule has 11 rings (SSSR count). The second-order valence-corrected chi connectivity index (χ2v) is 15.2. The summed E-state index contributed by atoms with van der Waals surface area (Å²) < 4.78 is 0. The fourth-order valence-corrected chi connectivity index (χ4v) is 9.66. The normalized spacial score (nSPS) is 13.2. The molecule has 0 radical (unpaired) electrons. The second kappa shape index (κ2) is 11.2. The molecule has 0 amide bonds.